The normalized spacial score (nSPS) is 20.5. The highest BCUT2D eigenvalue weighted by Crippen LogP contribution is 2.29. The Kier molecular flexibility index (Phi) is 4.87. The van der Waals surface area contributed by atoms with Gasteiger partial charge in [0.2, 0.25) is 0 Å². The van der Waals surface area contributed by atoms with Crippen LogP contribution in [0.2, 0.25) is 5.02 Å². The number of nitrogens with zero attached hydrogens (tertiary/aromatic N) is 2. The minimum atomic E-state index is -0.768. The van der Waals surface area contributed by atoms with Gasteiger partial charge < -0.3 is 10.2 Å². The zero-order valence-corrected chi connectivity index (χ0v) is 12.4. The second-order valence-electron chi connectivity index (χ2n) is 5.63. The van der Waals surface area contributed by atoms with Crippen LogP contribution in [0, 0.1) is 12.8 Å². The zero-order valence-electron chi connectivity index (χ0n) is 11.6. The van der Waals surface area contributed by atoms with E-state index in [1.807, 2.05) is 14.0 Å². The van der Waals surface area contributed by atoms with Crippen molar-refractivity contribution in [1.29, 1.82) is 0 Å². The predicted octanol–water partition coefficient (Wildman–Crippen LogP) is 2.23. The molecule has 2 atom stereocenters. The largest absolute Gasteiger partial charge is 0.390 e. The van der Waals surface area contributed by atoms with E-state index in [0.717, 1.165) is 37.1 Å². The Morgan fingerprint density at radius 1 is 1.32 bits per heavy atom. The Balaban J connectivity index is 2.01. The first kappa shape index (κ1) is 14.8. The van der Waals surface area contributed by atoms with Crippen LogP contribution >= 0.6 is 11.6 Å². The lowest BCUT2D eigenvalue weighted by Gasteiger charge is -2.29. The molecule has 1 aliphatic carbocycles. The zero-order chi connectivity index (χ0) is 14.0. The molecule has 1 fully saturated rings. The fourth-order valence-electron chi connectivity index (χ4n) is 3.01. The topological polar surface area (TPSA) is 58.3 Å². The summed E-state index contributed by atoms with van der Waals surface area (Å²) in [5.41, 5.74) is 1.56. The molecule has 1 heterocycles. The summed E-state index contributed by atoms with van der Waals surface area (Å²) in [5.74, 6) is 0.219. The second-order valence-corrected chi connectivity index (χ2v) is 6.01. The van der Waals surface area contributed by atoms with Gasteiger partial charge in [-0.2, -0.15) is 5.10 Å². The Bertz CT molecular complexity index is 427. The molecular weight excluding hydrogens is 264 g/mol. The molecule has 2 unspecified atom stereocenters. The summed E-state index contributed by atoms with van der Waals surface area (Å²) in [6, 6.07) is 0. The van der Waals surface area contributed by atoms with Gasteiger partial charge in [0, 0.05) is 13.5 Å². The fourth-order valence-corrected chi connectivity index (χ4v) is 3.25. The molecular formula is C14H23ClN2O2. The molecule has 2 rings (SSSR count). The van der Waals surface area contributed by atoms with Gasteiger partial charge in [-0.05, 0) is 25.7 Å². The van der Waals surface area contributed by atoms with Gasteiger partial charge in [0.15, 0.2) is 0 Å². The average Bonchev–Trinajstić information content (AvgIpc) is 2.65. The van der Waals surface area contributed by atoms with Crippen LogP contribution in [0.4, 0.5) is 0 Å². The Hall–Kier alpha value is -0.580. The van der Waals surface area contributed by atoms with Gasteiger partial charge in [-0.1, -0.05) is 30.9 Å². The molecule has 1 aromatic heterocycles. The molecule has 4 nitrogen and oxygen atoms in total. The van der Waals surface area contributed by atoms with Gasteiger partial charge in [0.1, 0.15) is 0 Å². The summed E-state index contributed by atoms with van der Waals surface area (Å²) in [4.78, 5) is 0. The number of halogens is 1. The van der Waals surface area contributed by atoms with E-state index in [-0.39, 0.29) is 5.92 Å². The first-order valence-electron chi connectivity index (χ1n) is 7.04. The summed E-state index contributed by atoms with van der Waals surface area (Å²) in [5, 5.41) is 25.3. The summed E-state index contributed by atoms with van der Waals surface area (Å²) in [6.45, 7) is 1.84. The number of hydrogen-bond acceptors (Lipinski definition) is 3. The van der Waals surface area contributed by atoms with Crippen molar-refractivity contribution in [2.45, 2.75) is 57.7 Å². The Labute approximate surface area is 119 Å². The molecule has 1 aromatic rings. The van der Waals surface area contributed by atoms with Crippen molar-refractivity contribution < 1.29 is 10.2 Å². The third kappa shape index (κ3) is 3.30. The maximum absolute atomic E-state index is 10.3. The fraction of sp³-hybridized carbons (Fsp3) is 0.786. The molecule has 2 N–H and O–H groups in total. The minimum Gasteiger partial charge on any atom is -0.390 e. The molecule has 108 valence electrons. The van der Waals surface area contributed by atoms with Crippen molar-refractivity contribution in [3.05, 3.63) is 16.4 Å². The van der Waals surface area contributed by atoms with E-state index in [1.54, 1.807) is 4.68 Å². The van der Waals surface area contributed by atoms with Gasteiger partial charge in [-0.25, -0.2) is 0 Å². The molecule has 1 aliphatic rings. The summed E-state index contributed by atoms with van der Waals surface area (Å²) < 4.78 is 1.69. The smallest absolute Gasteiger partial charge is 0.0857 e. The van der Waals surface area contributed by atoms with E-state index >= 15 is 0 Å². The van der Waals surface area contributed by atoms with Gasteiger partial charge in [-0.15, -0.1) is 0 Å². The van der Waals surface area contributed by atoms with Crippen molar-refractivity contribution in [1.82, 2.24) is 9.78 Å². The van der Waals surface area contributed by atoms with E-state index < -0.39 is 12.2 Å². The number of aliphatic hydroxyl groups is 2. The molecule has 0 amide bonds. The number of rotatable bonds is 4. The number of aromatic nitrogens is 2. The van der Waals surface area contributed by atoms with Crippen LogP contribution in [0.1, 0.15) is 43.5 Å². The van der Waals surface area contributed by atoms with Crippen molar-refractivity contribution in [2.75, 3.05) is 0 Å². The van der Waals surface area contributed by atoms with Gasteiger partial charge in [0.25, 0.3) is 0 Å². The third-order valence-corrected chi connectivity index (χ3v) is 4.68. The molecule has 0 aliphatic heterocycles. The van der Waals surface area contributed by atoms with Crippen LogP contribution in [-0.2, 0) is 13.5 Å². The highest BCUT2D eigenvalue weighted by Gasteiger charge is 2.29. The molecule has 0 bridgehead atoms. The van der Waals surface area contributed by atoms with Crippen molar-refractivity contribution in [2.24, 2.45) is 13.0 Å². The monoisotopic (exact) mass is 286 g/mol. The van der Waals surface area contributed by atoms with Crippen LogP contribution in [0.3, 0.4) is 0 Å². The molecule has 0 radical (unpaired) electrons. The maximum atomic E-state index is 10.3. The van der Waals surface area contributed by atoms with Crippen LogP contribution in [-0.4, -0.2) is 32.2 Å². The standard InChI is InChI=1S/C14H23ClN2O2/c1-9-13(15)11(17(2)16-9)8-12(18)14(19)10-6-4-3-5-7-10/h10,12,14,18-19H,3-8H2,1-2H3. The molecule has 1 saturated carbocycles. The Morgan fingerprint density at radius 2 is 1.95 bits per heavy atom. The first-order chi connectivity index (χ1) is 9.00. The summed E-state index contributed by atoms with van der Waals surface area (Å²) in [6.07, 6.45) is 4.49. The summed E-state index contributed by atoms with van der Waals surface area (Å²) in [7, 11) is 1.81. The van der Waals surface area contributed by atoms with Gasteiger partial charge in [-0.3, -0.25) is 4.68 Å². The van der Waals surface area contributed by atoms with E-state index in [9.17, 15) is 10.2 Å². The van der Waals surface area contributed by atoms with Crippen LogP contribution in [0.5, 0.6) is 0 Å². The molecule has 0 aromatic carbocycles. The van der Waals surface area contributed by atoms with Crippen molar-refractivity contribution in [3.63, 3.8) is 0 Å². The van der Waals surface area contributed by atoms with Gasteiger partial charge in [0.05, 0.1) is 28.6 Å². The quantitative estimate of drug-likeness (QED) is 0.892. The predicted molar refractivity (Wildman–Crippen MR) is 75.2 cm³/mol. The highest BCUT2D eigenvalue weighted by molar-refractivity contribution is 6.31. The maximum Gasteiger partial charge on any atom is 0.0857 e. The lowest BCUT2D eigenvalue weighted by molar-refractivity contribution is -0.0270. The van der Waals surface area contributed by atoms with Crippen LogP contribution < -0.4 is 0 Å². The lowest BCUT2D eigenvalue weighted by Crippen LogP contribution is -2.36. The minimum absolute atomic E-state index is 0.219. The number of aryl methyl sites for hydroxylation is 2. The number of aliphatic hydroxyl groups excluding tert-OH is 2. The summed E-state index contributed by atoms with van der Waals surface area (Å²) >= 11 is 6.17. The average molecular weight is 287 g/mol. The highest BCUT2D eigenvalue weighted by atomic mass is 35.5. The molecule has 0 spiro atoms. The van der Waals surface area contributed by atoms with Crippen LogP contribution in [0.15, 0.2) is 0 Å². The van der Waals surface area contributed by atoms with Crippen molar-refractivity contribution in [3.8, 4) is 0 Å². The van der Waals surface area contributed by atoms with E-state index in [2.05, 4.69) is 5.10 Å². The van der Waals surface area contributed by atoms with Crippen LogP contribution in [0.25, 0.3) is 0 Å². The third-order valence-electron chi connectivity index (χ3n) is 4.19. The SMILES string of the molecule is Cc1nn(C)c(CC(O)C(O)C2CCCCC2)c1Cl. The lowest BCUT2D eigenvalue weighted by atomic mass is 9.82. The Morgan fingerprint density at radius 3 is 2.47 bits per heavy atom. The molecule has 5 heteroatoms. The first-order valence-corrected chi connectivity index (χ1v) is 7.42. The van der Waals surface area contributed by atoms with E-state index in [1.165, 1.54) is 6.42 Å². The van der Waals surface area contributed by atoms with Crippen molar-refractivity contribution >= 4 is 11.6 Å². The molecule has 0 saturated heterocycles. The van der Waals surface area contributed by atoms with Gasteiger partial charge >= 0.3 is 0 Å². The second kappa shape index (κ2) is 6.25. The molecule has 19 heavy (non-hydrogen) atoms. The number of hydrogen-bond donors (Lipinski definition) is 2. The van der Waals surface area contributed by atoms with E-state index in [4.69, 9.17) is 11.6 Å². The van der Waals surface area contributed by atoms with E-state index in [0.29, 0.717) is 11.4 Å².